The van der Waals surface area contributed by atoms with Crippen molar-refractivity contribution in [2.24, 2.45) is 0 Å². The first kappa shape index (κ1) is 9.43. The van der Waals surface area contributed by atoms with E-state index in [-0.39, 0.29) is 13.0 Å². The molecule has 0 aliphatic carbocycles. The summed E-state index contributed by atoms with van der Waals surface area (Å²) >= 11 is 0. The van der Waals surface area contributed by atoms with Crippen LogP contribution in [0, 0.1) is 0 Å². The smallest absolute Gasteiger partial charge is 0.0431 e. The highest BCUT2D eigenvalue weighted by Gasteiger charge is 1.88. The van der Waals surface area contributed by atoms with Gasteiger partial charge in [0.2, 0.25) is 0 Å². The SMILES string of the molecule is O=C([O-])CCCCCCO. The van der Waals surface area contributed by atoms with Crippen LogP contribution < -0.4 is 5.11 Å². The standard InChI is InChI=1S/C7H14O3/c8-6-4-2-1-3-5-7(9)10/h8H,1-6H2,(H,9,10)/p-1. The van der Waals surface area contributed by atoms with E-state index in [1.54, 1.807) is 0 Å². The summed E-state index contributed by atoms with van der Waals surface area (Å²) in [5, 5.41) is 18.2. The minimum Gasteiger partial charge on any atom is -0.550 e. The second-order valence-electron chi connectivity index (χ2n) is 2.26. The minimum absolute atomic E-state index is 0.144. The van der Waals surface area contributed by atoms with Crippen molar-refractivity contribution in [1.29, 1.82) is 0 Å². The average Bonchev–Trinajstić information content (AvgIpc) is 1.87. The molecule has 0 bridgehead atoms. The third-order valence-electron chi connectivity index (χ3n) is 1.29. The van der Waals surface area contributed by atoms with Gasteiger partial charge in [-0.1, -0.05) is 12.8 Å². The normalized spacial score (nSPS) is 9.70. The van der Waals surface area contributed by atoms with E-state index in [9.17, 15) is 9.90 Å². The van der Waals surface area contributed by atoms with Gasteiger partial charge in [0.05, 0.1) is 0 Å². The number of carboxylic acid groups (broad SMARTS) is 1. The van der Waals surface area contributed by atoms with Crippen molar-refractivity contribution in [2.45, 2.75) is 32.1 Å². The van der Waals surface area contributed by atoms with E-state index >= 15 is 0 Å². The molecule has 3 nitrogen and oxygen atoms in total. The van der Waals surface area contributed by atoms with E-state index in [0.29, 0.717) is 6.42 Å². The number of aliphatic hydroxyl groups is 1. The Labute approximate surface area is 60.7 Å². The molecule has 60 valence electrons. The Balaban J connectivity index is 2.84. The Morgan fingerprint density at radius 3 is 2.30 bits per heavy atom. The topological polar surface area (TPSA) is 60.4 Å². The highest BCUT2D eigenvalue weighted by atomic mass is 16.4. The maximum atomic E-state index is 9.87. The molecule has 0 aliphatic heterocycles. The summed E-state index contributed by atoms with van der Waals surface area (Å²) in [4.78, 5) is 9.87. The summed E-state index contributed by atoms with van der Waals surface area (Å²) in [5.41, 5.74) is 0. The molecule has 3 heteroatoms. The second-order valence-corrected chi connectivity index (χ2v) is 2.26. The van der Waals surface area contributed by atoms with Gasteiger partial charge in [0.25, 0.3) is 0 Å². The lowest BCUT2D eigenvalue weighted by Crippen LogP contribution is -2.21. The molecule has 0 aromatic carbocycles. The molecule has 0 rings (SSSR count). The lowest BCUT2D eigenvalue weighted by atomic mass is 10.1. The summed E-state index contributed by atoms with van der Waals surface area (Å²) in [5.74, 6) is -0.982. The maximum Gasteiger partial charge on any atom is 0.0431 e. The predicted molar refractivity (Wildman–Crippen MR) is 35.2 cm³/mol. The van der Waals surface area contributed by atoms with Crippen LogP contribution >= 0.6 is 0 Å². The molecule has 0 aromatic rings. The van der Waals surface area contributed by atoms with Crippen LogP contribution in [0.4, 0.5) is 0 Å². The molecule has 0 heterocycles. The average molecular weight is 145 g/mol. The molecule has 0 amide bonds. The Hall–Kier alpha value is -0.570. The molecule has 0 radical (unpaired) electrons. The lowest BCUT2D eigenvalue weighted by molar-refractivity contribution is -0.305. The van der Waals surface area contributed by atoms with E-state index in [2.05, 4.69) is 0 Å². The molecule has 0 fully saturated rings. The van der Waals surface area contributed by atoms with Gasteiger partial charge in [-0.3, -0.25) is 0 Å². The zero-order valence-corrected chi connectivity index (χ0v) is 6.01. The highest BCUT2D eigenvalue weighted by molar-refractivity contribution is 5.63. The van der Waals surface area contributed by atoms with Gasteiger partial charge in [0.1, 0.15) is 0 Å². The molecular formula is C7H13O3-. The predicted octanol–water partition coefficient (Wildman–Crippen LogP) is -0.321. The van der Waals surface area contributed by atoms with Gasteiger partial charge in [-0.15, -0.1) is 0 Å². The second kappa shape index (κ2) is 6.55. The number of hydrogen-bond acceptors (Lipinski definition) is 3. The summed E-state index contributed by atoms with van der Waals surface area (Å²) in [6, 6.07) is 0. The maximum absolute atomic E-state index is 9.87. The fourth-order valence-electron chi connectivity index (χ4n) is 0.735. The quantitative estimate of drug-likeness (QED) is 0.521. The number of aliphatic hydroxyl groups excluding tert-OH is 1. The molecule has 0 unspecified atom stereocenters. The summed E-state index contributed by atoms with van der Waals surface area (Å²) < 4.78 is 0. The first-order valence-corrected chi connectivity index (χ1v) is 3.58. The van der Waals surface area contributed by atoms with Gasteiger partial charge in [0.15, 0.2) is 0 Å². The Kier molecular flexibility index (Phi) is 6.18. The van der Waals surface area contributed by atoms with E-state index in [4.69, 9.17) is 5.11 Å². The third-order valence-corrected chi connectivity index (χ3v) is 1.29. The molecule has 0 aliphatic rings. The van der Waals surface area contributed by atoms with Crippen LogP contribution in [0.5, 0.6) is 0 Å². The molecule has 0 saturated carbocycles. The van der Waals surface area contributed by atoms with Gasteiger partial charge in [0, 0.05) is 12.6 Å². The number of carbonyl (C=O) groups excluding carboxylic acids is 1. The first-order chi connectivity index (χ1) is 4.77. The molecule has 0 saturated heterocycles. The van der Waals surface area contributed by atoms with Crippen molar-refractivity contribution in [3.05, 3.63) is 0 Å². The zero-order chi connectivity index (χ0) is 7.82. The van der Waals surface area contributed by atoms with E-state index < -0.39 is 5.97 Å². The van der Waals surface area contributed by atoms with Crippen LogP contribution in [0.2, 0.25) is 0 Å². The van der Waals surface area contributed by atoms with E-state index in [1.165, 1.54) is 0 Å². The lowest BCUT2D eigenvalue weighted by Gasteiger charge is -2.00. The molecule has 1 N–H and O–H groups in total. The van der Waals surface area contributed by atoms with Crippen LogP contribution in [0.3, 0.4) is 0 Å². The fourth-order valence-corrected chi connectivity index (χ4v) is 0.735. The van der Waals surface area contributed by atoms with Gasteiger partial charge in [-0.25, -0.2) is 0 Å². The third kappa shape index (κ3) is 7.43. The van der Waals surface area contributed by atoms with Crippen molar-refractivity contribution >= 4 is 5.97 Å². The van der Waals surface area contributed by atoms with Crippen LogP contribution in [0.15, 0.2) is 0 Å². The molecule has 0 aromatic heterocycles. The van der Waals surface area contributed by atoms with E-state index in [0.717, 1.165) is 19.3 Å². The summed E-state index contributed by atoms with van der Waals surface area (Å²) in [7, 11) is 0. The number of hydrogen-bond donors (Lipinski definition) is 1. The minimum atomic E-state index is -0.982. The molecule has 0 spiro atoms. The van der Waals surface area contributed by atoms with Crippen molar-refractivity contribution in [3.8, 4) is 0 Å². The van der Waals surface area contributed by atoms with Crippen molar-refractivity contribution < 1.29 is 15.0 Å². The molecule has 10 heavy (non-hydrogen) atoms. The summed E-state index contributed by atoms with van der Waals surface area (Å²) in [6.07, 6.45) is 3.36. The zero-order valence-electron chi connectivity index (χ0n) is 6.01. The van der Waals surface area contributed by atoms with Crippen LogP contribution in [0.1, 0.15) is 32.1 Å². The van der Waals surface area contributed by atoms with Crippen molar-refractivity contribution in [1.82, 2.24) is 0 Å². The molecule has 0 atom stereocenters. The number of carboxylic acids is 1. The highest BCUT2D eigenvalue weighted by Crippen LogP contribution is 2.00. The number of aliphatic carboxylic acids is 1. The van der Waals surface area contributed by atoms with Crippen LogP contribution in [-0.4, -0.2) is 17.7 Å². The Bertz CT molecular complexity index is 90.9. The number of rotatable bonds is 6. The largest absolute Gasteiger partial charge is 0.550 e. The van der Waals surface area contributed by atoms with Crippen LogP contribution in [-0.2, 0) is 4.79 Å². The Morgan fingerprint density at radius 2 is 1.80 bits per heavy atom. The van der Waals surface area contributed by atoms with Gasteiger partial charge < -0.3 is 15.0 Å². The van der Waals surface area contributed by atoms with Crippen molar-refractivity contribution in [2.75, 3.05) is 6.61 Å². The van der Waals surface area contributed by atoms with Gasteiger partial charge in [-0.2, -0.15) is 0 Å². The van der Waals surface area contributed by atoms with Crippen molar-refractivity contribution in [3.63, 3.8) is 0 Å². The van der Waals surface area contributed by atoms with Crippen LogP contribution in [0.25, 0.3) is 0 Å². The monoisotopic (exact) mass is 145 g/mol. The molecular weight excluding hydrogens is 132 g/mol. The fraction of sp³-hybridized carbons (Fsp3) is 0.857. The number of unbranched alkanes of at least 4 members (excludes halogenated alkanes) is 3. The van der Waals surface area contributed by atoms with E-state index in [1.807, 2.05) is 0 Å². The summed E-state index contributed by atoms with van der Waals surface area (Å²) in [6.45, 7) is 0.200. The Morgan fingerprint density at radius 1 is 1.20 bits per heavy atom. The van der Waals surface area contributed by atoms with Gasteiger partial charge >= 0.3 is 0 Å². The number of carbonyl (C=O) groups is 1. The van der Waals surface area contributed by atoms with Gasteiger partial charge in [-0.05, 0) is 19.3 Å². The first-order valence-electron chi connectivity index (χ1n) is 3.58.